The standard InChI is InChI=1S/C22H28FN5/c1-14(13-28-17(4)15(2)16(3)27-28)21-12-22(26-18(5)25-21)24-11-10-19-8-6-7-9-20(19)23/h6-9,12,14H,10-11,13H2,1-5H3,(H,24,25,26)/t14-/m0/s1. The van der Waals surface area contributed by atoms with Gasteiger partial charge in [-0.2, -0.15) is 5.10 Å². The van der Waals surface area contributed by atoms with Crippen LogP contribution in [-0.4, -0.2) is 26.3 Å². The summed E-state index contributed by atoms with van der Waals surface area (Å²) >= 11 is 0. The van der Waals surface area contributed by atoms with Gasteiger partial charge in [-0.25, -0.2) is 14.4 Å². The number of aryl methyl sites for hydroxylation is 2. The van der Waals surface area contributed by atoms with Crippen molar-refractivity contribution in [2.75, 3.05) is 11.9 Å². The van der Waals surface area contributed by atoms with Gasteiger partial charge in [0.15, 0.2) is 0 Å². The molecule has 0 aliphatic rings. The second-order valence-corrected chi connectivity index (χ2v) is 7.37. The quantitative estimate of drug-likeness (QED) is 0.654. The maximum atomic E-state index is 13.8. The molecule has 5 nitrogen and oxygen atoms in total. The number of nitrogens with one attached hydrogen (secondary N) is 1. The van der Waals surface area contributed by atoms with Crippen molar-refractivity contribution >= 4 is 5.82 Å². The molecular formula is C22H28FN5. The van der Waals surface area contributed by atoms with Gasteiger partial charge in [0.05, 0.1) is 11.4 Å². The molecule has 0 fully saturated rings. The zero-order valence-electron chi connectivity index (χ0n) is 17.3. The van der Waals surface area contributed by atoms with Crippen LogP contribution in [0.4, 0.5) is 10.2 Å². The fourth-order valence-corrected chi connectivity index (χ4v) is 3.28. The van der Waals surface area contributed by atoms with Gasteiger partial charge in [0.25, 0.3) is 0 Å². The zero-order chi connectivity index (χ0) is 20.3. The summed E-state index contributed by atoms with van der Waals surface area (Å²) in [5.41, 5.74) is 5.18. The summed E-state index contributed by atoms with van der Waals surface area (Å²) < 4.78 is 15.8. The highest BCUT2D eigenvalue weighted by Crippen LogP contribution is 2.21. The monoisotopic (exact) mass is 381 g/mol. The van der Waals surface area contributed by atoms with E-state index >= 15 is 0 Å². The summed E-state index contributed by atoms with van der Waals surface area (Å²) in [6.45, 7) is 11.7. The predicted octanol–water partition coefficient (Wildman–Crippen LogP) is 4.50. The molecule has 0 unspecified atom stereocenters. The Balaban J connectivity index is 1.68. The summed E-state index contributed by atoms with van der Waals surface area (Å²) in [5.74, 6) is 1.53. The van der Waals surface area contributed by atoms with Crippen LogP contribution in [0.2, 0.25) is 0 Å². The fraction of sp³-hybridized carbons (Fsp3) is 0.409. The minimum Gasteiger partial charge on any atom is -0.370 e. The van der Waals surface area contributed by atoms with E-state index in [2.05, 4.69) is 45.8 Å². The first kappa shape index (κ1) is 20.0. The molecule has 1 N–H and O–H groups in total. The lowest BCUT2D eigenvalue weighted by molar-refractivity contribution is 0.519. The molecule has 6 heteroatoms. The Morgan fingerprint density at radius 3 is 2.54 bits per heavy atom. The first-order valence-electron chi connectivity index (χ1n) is 9.68. The van der Waals surface area contributed by atoms with Gasteiger partial charge in [0, 0.05) is 30.8 Å². The molecule has 0 bridgehead atoms. The fourth-order valence-electron chi connectivity index (χ4n) is 3.28. The van der Waals surface area contributed by atoms with Crippen molar-refractivity contribution in [3.05, 3.63) is 70.2 Å². The highest BCUT2D eigenvalue weighted by atomic mass is 19.1. The first-order valence-corrected chi connectivity index (χ1v) is 9.68. The number of halogens is 1. The zero-order valence-corrected chi connectivity index (χ0v) is 17.3. The Morgan fingerprint density at radius 2 is 1.86 bits per heavy atom. The highest BCUT2D eigenvalue weighted by molar-refractivity contribution is 5.37. The van der Waals surface area contributed by atoms with Crippen molar-refractivity contribution in [2.45, 2.75) is 53.5 Å². The lowest BCUT2D eigenvalue weighted by atomic mass is 10.1. The van der Waals surface area contributed by atoms with Crippen molar-refractivity contribution < 1.29 is 4.39 Å². The third-order valence-electron chi connectivity index (χ3n) is 5.21. The largest absolute Gasteiger partial charge is 0.370 e. The number of benzene rings is 1. The Bertz CT molecular complexity index is 964. The summed E-state index contributed by atoms with van der Waals surface area (Å²) in [6, 6.07) is 8.85. The van der Waals surface area contributed by atoms with Crippen LogP contribution in [0.25, 0.3) is 0 Å². The van der Waals surface area contributed by atoms with E-state index in [4.69, 9.17) is 0 Å². The van der Waals surface area contributed by atoms with Crippen molar-refractivity contribution in [3.63, 3.8) is 0 Å². The molecule has 0 saturated heterocycles. The van der Waals surface area contributed by atoms with E-state index in [1.165, 1.54) is 17.3 Å². The average Bonchev–Trinajstić information content (AvgIpc) is 2.89. The van der Waals surface area contributed by atoms with E-state index < -0.39 is 0 Å². The molecule has 0 radical (unpaired) electrons. The maximum Gasteiger partial charge on any atom is 0.129 e. The maximum absolute atomic E-state index is 13.8. The summed E-state index contributed by atoms with van der Waals surface area (Å²) in [4.78, 5) is 9.09. The van der Waals surface area contributed by atoms with Gasteiger partial charge in [-0.1, -0.05) is 25.1 Å². The van der Waals surface area contributed by atoms with Crippen LogP contribution in [0, 0.1) is 33.5 Å². The van der Waals surface area contributed by atoms with Crippen LogP contribution in [0.3, 0.4) is 0 Å². The Kier molecular flexibility index (Phi) is 6.07. The predicted molar refractivity (Wildman–Crippen MR) is 110 cm³/mol. The minimum atomic E-state index is -0.169. The van der Waals surface area contributed by atoms with Gasteiger partial charge in [-0.3, -0.25) is 4.68 Å². The normalized spacial score (nSPS) is 12.2. The van der Waals surface area contributed by atoms with Gasteiger partial charge in [0.2, 0.25) is 0 Å². The molecule has 0 saturated carbocycles. The van der Waals surface area contributed by atoms with Crippen molar-refractivity contribution in [1.29, 1.82) is 0 Å². The smallest absolute Gasteiger partial charge is 0.129 e. The van der Waals surface area contributed by atoms with Crippen LogP contribution in [-0.2, 0) is 13.0 Å². The Labute approximate surface area is 166 Å². The van der Waals surface area contributed by atoms with E-state index in [9.17, 15) is 4.39 Å². The summed E-state index contributed by atoms with van der Waals surface area (Å²) in [6.07, 6.45) is 0.603. The van der Waals surface area contributed by atoms with Gasteiger partial charge >= 0.3 is 0 Å². The highest BCUT2D eigenvalue weighted by Gasteiger charge is 2.14. The number of aromatic nitrogens is 4. The van der Waals surface area contributed by atoms with E-state index in [0.29, 0.717) is 18.5 Å². The number of hydrogen-bond acceptors (Lipinski definition) is 4. The molecule has 0 aliphatic heterocycles. The third kappa shape index (κ3) is 4.55. The lowest BCUT2D eigenvalue weighted by Crippen LogP contribution is -2.13. The van der Waals surface area contributed by atoms with Crippen LogP contribution in [0.1, 0.15) is 46.9 Å². The average molecular weight is 381 g/mol. The van der Waals surface area contributed by atoms with Gasteiger partial charge in [-0.05, 0) is 51.3 Å². The van der Waals surface area contributed by atoms with Crippen LogP contribution in [0.15, 0.2) is 30.3 Å². The summed E-state index contributed by atoms with van der Waals surface area (Å²) in [7, 11) is 0. The molecule has 0 spiro atoms. The molecule has 3 rings (SSSR count). The van der Waals surface area contributed by atoms with Gasteiger partial charge in [-0.15, -0.1) is 0 Å². The molecular weight excluding hydrogens is 353 g/mol. The van der Waals surface area contributed by atoms with E-state index in [0.717, 1.165) is 29.6 Å². The van der Waals surface area contributed by atoms with Crippen molar-refractivity contribution in [2.24, 2.45) is 0 Å². The topological polar surface area (TPSA) is 55.6 Å². The van der Waals surface area contributed by atoms with Crippen LogP contribution in [0.5, 0.6) is 0 Å². The number of nitrogens with zero attached hydrogens (tertiary/aromatic N) is 4. The second-order valence-electron chi connectivity index (χ2n) is 7.37. The Hall–Kier alpha value is -2.76. The third-order valence-corrected chi connectivity index (χ3v) is 5.21. The van der Waals surface area contributed by atoms with Crippen LogP contribution >= 0.6 is 0 Å². The van der Waals surface area contributed by atoms with Crippen molar-refractivity contribution in [1.82, 2.24) is 19.7 Å². The molecule has 1 aromatic carbocycles. The molecule has 0 amide bonds. The molecule has 0 aliphatic carbocycles. The van der Waals surface area contributed by atoms with E-state index in [1.54, 1.807) is 6.07 Å². The van der Waals surface area contributed by atoms with Crippen molar-refractivity contribution in [3.8, 4) is 0 Å². The number of hydrogen-bond donors (Lipinski definition) is 1. The molecule has 3 aromatic rings. The number of rotatable bonds is 7. The lowest BCUT2D eigenvalue weighted by Gasteiger charge is -2.15. The van der Waals surface area contributed by atoms with E-state index in [1.807, 2.05) is 32.0 Å². The molecule has 28 heavy (non-hydrogen) atoms. The number of anilines is 1. The van der Waals surface area contributed by atoms with Crippen LogP contribution < -0.4 is 5.32 Å². The SMILES string of the molecule is Cc1nc(NCCc2ccccc2F)cc([C@@H](C)Cn2nc(C)c(C)c2C)n1. The second kappa shape index (κ2) is 8.50. The first-order chi connectivity index (χ1) is 13.3. The Morgan fingerprint density at radius 1 is 1.11 bits per heavy atom. The summed E-state index contributed by atoms with van der Waals surface area (Å²) in [5, 5.41) is 7.94. The molecule has 148 valence electrons. The molecule has 1 atom stereocenters. The van der Waals surface area contributed by atoms with Gasteiger partial charge in [0.1, 0.15) is 17.5 Å². The minimum absolute atomic E-state index is 0.169. The molecule has 2 heterocycles. The van der Waals surface area contributed by atoms with E-state index in [-0.39, 0.29) is 11.7 Å². The molecule has 2 aromatic heterocycles. The van der Waals surface area contributed by atoms with Gasteiger partial charge < -0.3 is 5.32 Å².